The van der Waals surface area contributed by atoms with Crippen molar-refractivity contribution in [3.05, 3.63) is 24.3 Å². The number of fused-ring (bicyclic) bond motifs is 1. The van der Waals surface area contributed by atoms with Crippen LogP contribution < -0.4 is 21.7 Å². The number of imidazole rings is 1. The van der Waals surface area contributed by atoms with E-state index in [4.69, 9.17) is 10.2 Å². The molecule has 2 rings (SSSR count). The molecule has 6 nitrogen and oxygen atoms in total. The van der Waals surface area contributed by atoms with Crippen LogP contribution in [0.5, 0.6) is 0 Å². The molecule has 0 saturated heterocycles. The van der Waals surface area contributed by atoms with E-state index in [1.165, 1.54) is 0 Å². The fourth-order valence-corrected chi connectivity index (χ4v) is 1.17. The van der Waals surface area contributed by atoms with Crippen molar-refractivity contribution in [1.82, 2.24) is 9.97 Å². The second-order valence-electron chi connectivity index (χ2n) is 2.72. The van der Waals surface area contributed by atoms with Crippen molar-refractivity contribution < 1.29 is 29.7 Å². The van der Waals surface area contributed by atoms with Gasteiger partial charge in [0.15, 0.2) is 5.16 Å². The molecular weight excluding hydrogens is 358 g/mol. The third-order valence-electron chi connectivity index (χ3n) is 1.38. The van der Waals surface area contributed by atoms with Gasteiger partial charge in [-0.15, -0.1) is 12.6 Å². The summed E-state index contributed by atoms with van der Waals surface area (Å²) in [7, 11) is 0. The second-order valence-corrected chi connectivity index (χ2v) is 3.94. The van der Waals surface area contributed by atoms with Crippen LogP contribution in [-0.2, 0) is 19.5 Å². The van der Waals surface area contributed by atoms with Gasteiger partial charge in [-0.05, 0) is 12.1 Å². The molecule has 98 valence electrons. The maximum absolute atomic E-state index is 9.04. The summed E-state index contributed by atoms with van der Waals surface area (Å²) in [5.41, 5.74) is 10.6. The van der Waals surface area contributed by atoms with E-state index < -0.39 is 10.3 Å². The number of H-pyrrole nitrogens is 1. The third kappa shape index (κ3) is 11.8. The van der Waals surface area contributed by atoms with E-state index in [1.807, 2.05) is 24.3 Å². The summed E-state index contributed by atoms with van der Waals surface area (Å²) in [5, 5.41) is 17.2. The van der Waals surface area contributed by atoms with Gasteiger partial charge in [0.2, 0.25) is 0 Å². The van der Waals surface area contributed by atoms with E-state index >= 15 is 0 Å². The van der Waals surface area contributed by atoms with Gasteiger partial charge in [0, 0.05) is 10.3 Å². The average molecular weight is 368 g/mol. The van der Waals surface area contributed by atoms with Crippen molar-refractivity contribution in [2.24, 2.45) is 11.5 Å². The molecule has 19 heavy (non-hydrogen) atoms. The van der Waals surface area contributed by atoms with Crippen LogP contribution in [0.3, 0.4) is 0 Å². The van der Waals surface area contributed by atoms with Crippen LogP contribution in [0.25, 0.3) is 11.0 Å². The molecule has 1 aromatic heterocycles. The Morgan fingerprint density at radius 3 is 2.00 bits per heavy atom. The van der Waals surface area contributed by atoms with E-state index in [0.29, 0.717) is 5.16 Å². The first-order valence-corrected chi connectivity index (χ1v) is 5.66. The van der Waals surface area contributed by atoms with E-state index in [9.17, 15) is 0 Å². The van der Waals surface area contributed by atoms with Gasteiger partial charge in [0.25, 0.3) is 0 Å². The van der Waals surface area contributed by atoms with Crippen molar-refractivity contribution in [2.75, 3.05) is 0 Å². The van der Waals surface area contributed by atoms with Crippen LogP contribution in [0.15, 0.2) is 29.4 Å². The van der Waals surface area contributed by atoms with Crippen LogP contribution in [0, 0.1) is 0 Å². The number of rotatable bonds is 0. The summed E-state index contributed by atoms with van der Waals surface area (Å²) in [5.74, 6) is 0. The van der Waals surface area contributed by atoms with Crippen LogP contribution in [0.4, 0.5) is 0 Å². The molecule has 0 atom stereocenters. The quantitative estimate of drug-likeness (QED) is 0.268. The SMILES string of the molecule is NC([O-])=S.NC([O-])=S.Sc1nc2ccccc2[nH]1.[Zn+2]. The number of benzene rings is 1. The van der Waals surface area contributed by atoms with Crippen LogP contribution >= 0.6 is 37.1 Å². The van der Waals surface area contributed by atoms with Crippen molar-refractivity contribution in [1.29, 1.82) is 0 Å². The van der Waals surface area contributed by atoms with Gasteiger partial charge in [-0.1, -0.05) is 36.6 Å². The largest absolute Gasteiger partial charge is 2.00 e. The number of hydrogen-bond donors (Lipinski definition) is 4. The molecule has 0 aliphatic carbocycles. The van der Waals surface area contributed by atoms with Gasteiger partial charge >= 0.3 is 19.5 Å². The molecule has 5 N–H and O–H groups in total. The average Bonchev–Trinajstić information content (AvgIpc) is 2.55. The first kappa shape index (κ1) is 20.4. The Balaban J connectivity index is 0. The first-order chi connectivity index (χ1) is 8.32. The molecule has 0 radical (unpaired) electrons. The fourth-order valence-electron chi connectivity index (χ4n) is 0.939. The smallest absolute Gasteiger partial charge is 0.852 e. The summed E-state index contributed by atoms with van der Waals surface area (Å²) in [6.07, 6.45) is 0. The number of nitrogens with zero attached hydrogens (tertiary/aromatic N) is 1. The van der Waals surface area contributed by atoms with Crippen LogP contribution in [0.2, 0.25) is 0 Å². The first-order valence-electron chi connectivity index (χ1n) is 4.39. The predicted molar refractivity (Wildman–Crippen MR) is 76.9 cm³/mol. The Hall–Kier alpha value is -0.957. The minimum atomic E-state index is -0.750. The monoisotopic (exact) mass is 366 g/mol. The van der Waals surface area contributed by atoms with Crippen molar-refractivity contribution >= 4 is 58.4 Å². The molecular formula is C9H10N4O2S3Zn. The van der Waals surface area contributed by atoms with Crippen LogP contribution in [-0.4, -0.2) is 20.3 Å². The summed E-state index contributed by atoms with van der Waals surface area (Å²) in [4.78, 5) is 7.13. The Bertz CT molecular complexity index is 482. The fraction of sp³-hybridized carbons (Fsp3) is 0. The normalized spacial score (nSPS) is 8.05. The summed E-state index contributed by atoms with van der Waals surface area (Å²) >= 11 is 11.6. The van der Waals surface area contributed by atoms with E-state index in [-0.39, 0.29) is 19.5 Å². The van der Waals surface area contributed by atoms with Gasteiger partial charge in [-0.3, -0.25) is 0 Å². The standard InChI is InChI=1S/C7H6N2S.2CH3NOS.Zn/c10-7-8-5-3-1-2-4-6(5)9-7;2*2-1(3)4;/h1-4H,(H2,8,9,10);2*(H3,2,3,4);/q;;;+2/p-2. The summed E-state index contributed by atoms with van der Waals surface area (Å²) in [6, 6.07) is 7.84. The van der Waals surface area contributed by atoms with Crippen molar-refractivity contribution in [2.45, 2.75) is 5.16 Å². The Labute approximate surface area is 138 Å². The molecule has 0 aliphatic heterocycles. The predicted octanol–water partition coefficient (Wildman–Crippen LogP) is -0.970. The van der Waals surface area contributed by atoms with Crippen molar-refractivity contribution in [3.8, 4) is 0 Å². The minimum Gasteiger partial charge on any atom is -0.852 e. The maximum atomic E-state index is 9.04. The Morgan fingerprint density at radius 2 is 1.58 bits per heavy atom. The maximum Gasteiger partial charge on any atom is 2.00 e. The number of nitrogens with two attached hydrogens (primary N) is 2. The van der Waals surface area contributed by atoms with Gasteiger partial charge in [-0.2, -0.15) is 0 Å². The molecule has 0 amide bonds. The van der Waals surface area contributed by atoms with Gasteiger partial charge < -0.3 is 26.7 Å². The number of aromatic amines is 1. The Morgan fingerprint density at radius 1 is 1.16 bits per heavy atom. The number of aromatic nitrogens is 2. The van der Waals surface area contributed by atoms with E-state index in [2.05, 4.69) is 58.5 Å². The molecule has 2 aromatic rings. The molecule has 1 aromatic carbocycles. The summed E-state index contributed by atoms with van der Waals surface area (Å²) < 4.78 is 0. The number of nitrogens with one attached hydrogen (secondary N) is 1. The Kier molecular flexibility index (Phi) is 11.7. The molecule has 1 heterocycles. The molecule has 0 spiro atoms. The molecule has 10 heteroatoms. The molecule has 0 aliphatic rings. The summed E-state index contributed by atoms with van der Waals surface area (Å²) in [6.45, 7) is 0. The second kappa shape index (κ2) is 10.9. The van der Waals surface area contributed by atoms with Gasteiger partial charge in [0.05, 0.1) is 11.0 Å². The number of thiol groups is 1. The molecule has 0 saturated carbocycles. The third-order valence-corrected chi connectivity index (χ3v) is 1.59. The van der Waals surface area contributed by atoms with E-state index in [1.54, 1.807) is 0 Å². The molecule has 0 fully saturated rings. The zero-order chi connectivity index (χ0) is 14.1. The minimum absolute atomic E-state index is 0. The van der Waals surface area contributed by atoms with Gasteiger partial charge in [0.1, 0.15) is 0 Å². The number of hydrogen-bond acceptors (Lipinski definition) is 6. The zero-order valence-electron chi connectivity index (χ0n) is 9.70. The molecule has 0 bridgehead atoms. The number of thiocarbonyl (C=S) groups is 2. The van der Waals surface area contributed by atoms with Crippen molar-refractivity contribution in [3.63, 3.8) is 0 Å². The van der Waals surface area contributed by atoms with Gasteiger partial charge in [-0.25, -0.2) is 4.98 Å². The number of para-hydroxylation sites is 2. The molecule has 0 unspecified atom stereocenters. The van der Waals surface area contributed by atoms with Crippen LogP contribution in [0.1, 0.15) is 0 Å². The topological polar surface area (TPSA) is 127 Å². The van der Waals surface area contributed by atoms with E-state index in [0.717, 1.165) is 11.0 Å². The zero-order valence-corrected chi connectivity index (χ0v) is 15.2.